The lowest BCUT2D eigenvalue weighted by molar-refractivity contribution is 0.0839. The van der Waals surface area contributed by atoms with Crippen LogP contribution >= 0.6 is 11.6 Å². The number of hydrogen-bond acceptors (Lipinski definition) is 3. The van der Waals surface area contributed by atoms with Crippen molar-refractivity contribution in [3.05, 3.63) is 0 Å². The topological polar surface area (TPSA) is 60.7 Å². The van der Waals surface area contributed by atoms with Crippen LogP contribution in [0.5, 0.6) is 0 Å². The van der Waals surface area contributed by atoms with E-state index in [4.69, 9.17) is 11.6 Å². The molecule has 6 atom stereocenters. The summed E-state index contributed by atoms with van der Waals surface area (Å²) in [6.45, 7) is 4.01. The summed E-state index contributed by atoms with van der Waals surface area (Å²) in [7, 11) is 0. The predicted octanol–water partition coefficient (Wildman–Crippen LogP) is 4.64. The number of alkyl halides is 1. The number of aliphatic hydroxyl groups excluding tert-OH is 3. The molecule has 144 valence electrons. The lowest BCUT2D eigenvalue weighted by atomic mass is 9.85. The van der Waals surface area contributed by atoms with Crippen molar-refractivity contribution in [2.45, 2.75) is 115 Å². The molecule has 3 nitrogen and oxygen atoms in total. The summed E-state index contributed by atoms with van der Waals surface area (Å²) in [6.07, 6.45) is 11.1. The predicted molar refractivity (Wildman–Crippen MR) is 101 cm³/mol. The van der Waals surface area contributed by atoms with Gasteiger partial charge in [-0.3, -0.25) is 0 Å². The van der Waals surface area contributed by atoms with Gasteiger partial charge in [-0.05, 0) is 63.7 Å². The number of rotatable bonds is 13. The van der Waals surface area contributed by atoms with Crippen molar-refractivity contribution in [2.24, 2.45) is 11.8 Å². The molecule has 0 saturated heterocycles. The van der Waals surface area contributed by atoms with Crippen LogP contribution in [0.15, 0.2) is 0 Å². The zero-order valence-electron chi connectivity index (χ0n) is 15.7. The maximum Gasteiger partial charge on any atom is 0.0585 e. The van der Waals surface area contributed by atoms with E-state index < -0.39 is 0 Å². The van der Waals surface area contributed by atoms with Gasteiger partial charge in [0.25, 0.3) is 0 Å². The van der Waals surface area contributed by atoms with Crippen LogP contribution in [-0.4, -0.2) is 39.0 Å². The third kappa shape index (κ3) is 8.51. The highest BCUT2D eigenvalue weighted by Gasteiger charge is 2.40. The zero-order valence-corrected chi connectivity index (χ0v) is 16.4. The molecule has 1 rings (SSSR count). The minimum atomic E-state index is -0.324. The van der Waals surface area contributed by atoms with Crippen molar-refractivity contribution < 1.29 is 15.3 Å². The lowest BCUT2D eigenvalue weighted by Gasteiger charge is -2.24. The molecule has 4 heteroatoms. The summed E-state index contributed by atoms with van der Waals surface area (Å²) in [5.74, 6) is 0.637. The Balaban J connectivity index is 2.31. The SMILES string of the molecule is CCCCCCCC1C(Cl)CC(O)C1CCC(O)CCCC(C)O. The molecule has 6 unspecified atom stereocenters. The monoisotopic (exact) mass is 362 g/mol. The van der Waals surface area contributed by atoms with Crippen molar-refractivity contribution in [1.29, 1.82) is 0 Å². The quantitative estimate of drug-likeness (QED) is 0.330. The molecule has 3 N–H and O–H groups in total. The van der Waals surface area contributed by atoms with Gasteiger partial charge < -0.3 is 15.3 Å². The Kier molecular flexibility index (Phi) is 11.6. The first-order chi connectivity index (χ1) is 11.5. The molecule has 0 radical (unpaired) electrons. The van der Waals surface area contributed by atoms with Crippen LogP contribution in [0.3, 0.4) is 0 Å². The third-order valence-electron chi connectivity index (χ3n) is 5.61. The second-order valence-corrected chi connectivity index (χ2v) is 8.42. The first-order valence-electron chi connectivity index (χ1n) is 10.1. The fourth-order valence-electron chi connectivity index (χ4n) is 4.10. The minimum Gasteiger partial charge on any atom is -0.393 e. The molecular formula is C20H39ClO3. The fraction of sp³-hybridized carbons (Fsp3) is 1.00. The molecule has 0 aromatic carbocycles. The number of halogens is 1. The molecule has 0 aromatic heterocycles. The molecule has 0 amide bonds. The first-order valence-corrected chi connectivity index (χ1v) is 10.6. The average Bonchev–Trinajstić information content (AvgIpc) is 2.78. The summed E-state index contributed by atoms with van der Waals surface area (Å²) in [6, 6.07) is 0. The van der Waals surface area contributed by atoms with Crippen LogP contribution in [0.4, 0.5) is 0 Å². The Morgan fingerprint density at radius 2 is 1.62 bits per heavy atom. The third-order valence-corrected chi connectivity index (χ3v) is 6.11. The molecule has 1 aliphatic rings. The largest absolute Gasteiger partial charge is 0.393 e. The molecule has 1 fully saturated rings. The highest BCUT2D eigenvalue weighted by atomic mass is 35.5. The van der Waals surface area contributed by atoms with Crippen LogP contribution in [0.2, 0.25) is 0 Å². The smallest absolute Gasteiger partial charge is 0.0585 e. The van der Waals surface area contributed by atoms with Crippen LogP contribution < -0.4 is 0 Å². The second kappa shape index (κ2) is 12.5. The van der Waals surface area contributed by atoms with E-state index in [1.165, 1.54) is 32.1 Å². The average molecular weight is 363 g/mol. The summed E-state index contributed by atoms with van der Waals surface area (Å²) in [4.78, 5) is 0. The molecular weight excluding hydrogens is 324 g/mol. The van der Waals surface area contributed by atoms with E-state index in [1.807, 2.05) is 0 Å². The van der Waals surface area contributed by atoms with Gasteiger partial charge in [0.15, 0.2) is 0 Å². The Labute approximate surface area is 153 Å². The molecule has 1 saturated carbocycles. The molecule has 1 aliphatic carbocycles. The van der Waals surface area contributed by atoms with Gasteiger partial charge in [0.2, 0.25) is 0 Å². The maximum atomic E-state index is 10.3. The molecule has 0 spiro atoms. The normalized spacial score (nSPS) is 29.8. The van der Waals surface area contributed by atoms with E-state index in [1.54, 1.807) is 6.92 Å². The van der Waals surface area contributed by atoms with E-state index in [2.05, 4.69) is 6.92 Å². The van der Waals surface area contributed by atoms with Gasteiger partial charge in [0, 0.05) is 5.38 Å². The van der Waals surface area contributed by atoms with E-state index in [0.29, 0.717) is 12.3 Å². The maximum absolute atomic E-state index is 10.3. The van der Waals surface area contributed by atoms with Gasteiger partial charge >= 0.3 is 0 Å². The van der Waals surface area contributed by atoms with Gasteiger partial charge in [-0.25, -0.2) is 0 Å². The van der Waals surface area contributed by atoms with E-state index in [0.717, 1.165) is 38.5 Å². The van der Waals surface area contributed by atoms with Crippen molar-refractivity contribution in [2.75, 3.05) is 0 Å². The highest BCUT2D eigenvalue weighted by Crippen LogP contribution is 2.42. The fourth-order valence-corrected chi connectivity index (χ4v) is 4.59. The van der Waals surface area contributed by atoms with Gasteiger partial charge in [0.1, 0.15) is 0 Å². The Morgan fingerprint density at radius 1 is 0.917 bits per heavy atom. The molecule has 0 heterocycles. The Bertz CT molecular complexity index is 311. The van der Waals surface area contributed by atoms with Crippen LogP contribution in [0.1, 0.15) is 90.9 Å². The molecule has 0 aromatic rings. The second-order valence-electron chi connectivity index (χ2n) is 7.86. The van der Waals surface area contributed by atoms with Crippen molar-refractivity contribution in [1.82, 2.24) is 0 Å². The minimum absolute atomic E-state index is 0.0866. The molecule has 0 bridgehead atoms. The van der Waals surface area contributed by atoms with Crippen molar-refractivity contribution in [3.8, 4) is 0 Å². The summed E-state index contributed by atoms with van der Waals surface area (Å²) >= 11 is 6.49. The lowest BCUT2D eigenvalue weighted by Crippen LogP contribution is -2.23. The Hall–Kier alpha value is 0.170. The van der Waals surface area contributed by atoms with Crippen LogP contribution in [0, 0.1) is 11.8 Å². The highest BCUT2D eigenvalue weighted by molar-refractivity contribution is 6.21. The standard InChI is InChI=1S/C20H39ClO3/c1-3-4-5-6-7-11-17-18(20(24)14-19(17)21)13-12-16(23)10-8-9-15(2)22/h15-20,22-24H,3-14H2,1-2H3. The zero-order chi connectivity index (χ0) is 17.9. The summed E-state index contributed by atoms with van der Waals surface area (Å²) < 4.78 is 0. The van der Waals surface area contributed by atoms with Gasteiger partial charge in [-0.15, -0.1) is 11.6 Å². The summed E-state index contributed by atoms with van der Waals surface area (Å²) in [5.41, 5.74) is 0. The van der Waals surface area contributed by atoms with Crippen LogP contribution in [-0.2, 0) is 0 Å². The van der Waals surface area contributed by atoms with E-state index in [-0.39, 0.29) is 29.6 Å². The van der Waals surface area contributed by atoms with Gasteiger partial charge in [0.05, 0.1) is 18.3 Å². The molecule has 0 aliphatic heterocycles. The summed E-state index contributed by atoms with van der Waals surface area (Å²) in [5, 5.41) is 29.8. The van der Waals surface area contributed by atoms with Crippen LogP contribution in [0.25, 0.3) is 0 Å². The van der Waals surface area contributed by atoms with E-state index >= 15 is 0 Å². The van der Waals surface area contributed by atoms with Gasteiger partial charge in [-0.1, -0.05) is 39.0 Å². The molecule has 24 heavy (non-hydrogen) atoms. The number of aliphatic hydroxyl groups is 3. The number of unbranched alkanes of at least 4 members (excludes halogenated alkanes) is 4. The van der Waals surface area contributed by atoms with Gasteiger partial charge in [-0.2, -0.15) is 0 Å². The Morgan fingerprint density at radius 3 is 2.29 bits per heavy atom. The number of hydrogen-bond donors (Lipinski definition) is 3. The van der Waals surface area contributed by atoms with Crippen molar-refractivity contribution >= 4 is 11.6 Å². The first kappa shape index (κ1) is 22.2. The van der Waals surface area contributed by atoms with E-state index in [9.17, 15) is 15.3 Å². The van der Waals surface area contributed by atoms with Crippen molar-refractivity contribution in [3.63, 3.8) is 0 Å².